The van der Waals surface area contributed by atoms with Crippen LogP contribution in [0.5, 0.6) is 0 Å². The third kappa shape index (κ3) is 2.90. The Balaban J connectivity index is 1.68. The number of morpholine rings is 1. The highest BCUT2D eigenvalue weighted by atomic mass is 32.1. The molecule has 2 N–H and O–H groups in total. The topological polar surface area (TPSA) is 55.6 Å². The van der Waals surface area contributed by atoms with Crippen LogP contribution >= 0.6 is 11.3 Å². The van der Waals surface area contributed by atoms with E-state index in [2.05, 4.69) is 16.8 Å². The SMILES string of the molecule is CC1CN(C(=O)C2CCC(N)C2)CC(c2ccsc2)O1. The van der Waals surface area contributed by atoms with Crippen LogP contribution in [0, 0.1) is 5.92 Å². The Morgan fingerprint density at radius 1 is 1.45 bits per heavy atom. The summed E-state index contributed by atoms with van der Waals surface area (Å²) in [4.78, 5) is 14.6. The van der Waals surface area contributed by atoms with Gasteiger partial charge in [0.15, 0.2) is 0 Å². The molecule has 1 saturated heterocycles. The quantitative estimate of drug-likeness (QED) is 0.909. The van der Waals surface area contributed by atoms with Crippen molar-refractivity contribution < 1.29 is 9.53 Å². The Kier molecular flexibility index (Phi) is 4.10. The molecule has 4 atom stereocenters. The van der Waals surface area contributed by atoms with Crippen LogP contribution < -0.4 is 5.73 Å². The highest BCUT2D eigenvalue weighted by molar-refractivity contribution is 7.07. The summed E-state index contributed by atoms with van der Waals surface area (Å²) in [5.74, 6) is 0.395. The predicted molar refractivity (Wildman–Crippen MR) is 79.5 cm³/mol. The Hall–Kier alpha value is -0.910. The van der Waals surface area contributed by atoms with Gasteiger partial charge in [-0.15, -0.1) is 0 Å². The average Bonchev–Trinajstić information content (AvgIpc) is 3.08. The number of nitrogens with two attached hydrogens (primary N) is 1. The largest absolute Gasteiger partial charge is 0.367 e. The minimum absolute atomic E-state index is 0.0176. The van der Waals surface area contributed by atoms with Gasteiger partial charge in [-0.05, 0) is 48.6 Å². The van der Waals surface area contributed by atoms with Gasteiger partial charge in [0, 0.05) is 18.5 Å². The minimum atomic E-state index is 0.0176. The number of carbonyl (C=O) groups excluding carboxylic acids is 1. The molecule has 1 saturated carbocycles. The van der Waals surface area contributed by atoms with E-state index in [1.165, 1.54) is 5.56 Å². The third-order valence-corrected chi connectivity index (χ3v) is 5.01. The monoisotopic (exact) mass is 294 g/mol. The molecule has 4 nitrogen and oxygen atoms in total. The van der Waals surface area contributed by atoms with Crippen molar-refractivity contribution >= 4 is 17.2 Å². The van der Waals surface area contributed by atoms with Crippen molar-refractivity contribution in [2.45, 2.75) is 44.4 Å². The molecule has 110 valence electrons. The molecule has 1 aliphatic heterocycles. The van der Waals surface area contributed by atoms with Crippen LogP contribution in [0.3, 0.4) is 0 Å². The number of nitrogens with zero attached hydrogens (tertiary/aromatic N) is 1. The highest BCUT2D eigenvalue weighted by Crippen LogP contribution is 2.31. The van der Waals surface area contributed by atoms with Gasteiger partial charge < -0.3 is 15.4 Å². The Bertz CT molecular complexity index is 462. The molecule has 3 rings (SSSR count). The lowest BCUT2D eigenvalue weighted by atomic mass is 10.0. The van der Waals surface area contributed by atoms with Crippen molar-refractivity contribution in [1.29, 1.82) is 0 Å². The van der Waals surface area contributed by atoms with Crippen LogP contribution in [0.1, 0.15) is 37.9 Å². The third-order valence-electron chi connectivity index (χ3n) is 4.31. The van der Waals surface area contributed by atoms with Crippen molar-refractivity contribution in [3.63, 3.8) is 0 Å². The molecule has 0 radical (unpaired) electrons. The van der Waals surface area contributed by atoms with Gasteiger partial charge in [0.25, 0.3) is 0 Å². The predicted octanol–water partition coefficient (Wildman–Crippen LogP) is 2.16. The van der Waals surface area contributed by atoms with Crippen LogP contribution in [0.25, 0.3) is 0 Å². The van der Waals surface area contributed by atoms with E-state index in [1.807, 2.05) is 11.8 Å². The van der Waals surface area contributed by atoms with Crippen LogP contribution in [-0.2, 0) is 9.53 Å². The van der Waals surface area contributed by atoms with E-state index in [4.69, 9.17) is 10.5 Å². The summed E-state index contributed by atoms with van der Waals surface area (Å²) in [6.07, 6.45) is 2.86. The number of hydrogen-bond acceptors (Lipinski definition) is 4. The van der Waals surface area contributed by atoms with Gasteiger partial charge in [0.1, 0.15) is 6.10 Å². The van der Waals surface area contributed by atoms with Crippen LogP contribution in [0.4, 0.5) is 0 Å². The lowest BCUT2D eigenvalue weighted by Gasteiger charge is -2.38. The first-order valence-corrected chi connectivity index (χ1v) is 8.29. The summed E-state index contributed by atoms with van der Waals surface area (Å²) in [6, 6.07) is 2.29. The van der Waals surface area contributed by atoms with E-state index in [9.17, 15) is 4.79 Å². The summed E-state index contributed by atoms with van der Waals surface area (Å²) < 4.78 is 5.98. The molecule has 5 heteroatoms. The molecule has 2 fully saturated rings. The summed E-state index contributed by atoms with van der Waals surface area (Å²) in [5.41, 5.74) is 7.11. The second-order valence-corrected chi connectivity index (χ2v) is 6.79. The number of amides is 1. The van der Waals surface area contributed by atoms with Gasteiger partial charge in [0.05, 0.1) is 12.6 Å². The molecule has 0 spiro atoms. The summed E-state index contributed by atoms with van der Waals surface area (Å²) >= 11 is 1.67. The van der Waals surface area contributed by atoms with Gasteiger partial charge in [0.2, 0.25) is 5.91 Å². The summed E-state index contributed by atoms with van der Waals surface area (Å²) in [7, 11) is 0. The molecule has 0 aromatic carbocycles. The standard InChI is InChI=1S/C15H22N2O2S/c1-10-7-17(15(18)11-2-3-13(16)6-11)8-14(19-10)12-4-5-20-9-12/h4-5,9-11,13-14H,2-3,6-8,16H2,1H3. The normalized spacial score (nSPS) is 34.4. The van der Waals surface area contributed by atoms with Crippen molar-refractivity contribution in [3.8, 4) is 0 Å². The molecule has 20 heavy (non-hydrogen) atoms. The smallest absolute Gasteiger partial charge is 0.225 e. The van der Waals surface area contributed by atoms with Gasteiger partial charge >= 0.3 is 0 Å². The summed E-state index contributed by atoms with van der Waals surface area (Å²) in [5, 5.41) is 4.16. The van der Waals surface area contributed by atoms with E-state index in [0.29, 0.717) is 13.1 Å². The van der Waals surface area contributed by atoms with E-state index >= 15 is 0 Å². The molecule has 1 amide bonds. The fraction of sp³-hybridized carbons (Fsp3) is 0.667. The zero-order chi connectivity index (χ0) is 14.1. The molecule has 1 aromatic rings. The molecule has 1 aromatic heterocycles. The Morgan fingerprint density at radius 3 is 2.95 bits per heavy atom. The molecule has 0 bridgehead atoms. The first kappa shape index (κ1) is 14.0. The second-order valence-electron chi connectivity index (χ2n) is 6.01. The van der Waals surface area contributed by atoms with E-state index in [1.54, 1.807) is 11.3 Å². The minimum Gasteiger partial charge on any atom is -0.367 e. The fourth-order valence-corrected chi connectivity index (χ4v) is 3.97. The van der Waals surface area contributed by atoms with Gasteiger partial charge in [-0.25, -0.2) is 0 Å². The first-order valence-electron chi connectivity index (χ1n) is 7.35. The van der Waals surface area contributed by atoms with E-state index < -0.39 is 0 Å². The van der Waals surface area contributed by atoms with Crippen molar-refractivity contribution in [2.24, 2.45) is 11.7 Å². The molecule has 4 unspecified atom stereocenters. The van der Waals surface area contributed by atoms with E-state index in [-0.39, 0.29) is 30.1 Å². The average molecular weight is 294 g/mol. The Labute approximate surface area is 123 Å². The maximum atomic E-state index is 12.6. The van der Waals surface area contributed by atoms with Gasteiger partial charge in [-0.1, -0.05) is 0 Å². The van der Waals surface area contributed by atoms with Crippen LogP contribution in [0.2, 0.25) is 0 Å². The maximum absolute atomic E-state index is 12.6. The number of rotatable bonds is 2. The van der Waals surface area contributed by atoms with Gasteiger partial charge in [-0.2, -0.15) is 11.3 Å². The number of thiophene rings is 1. The van der Waals surface area contributed by atoms with Crippen molar-refractivity contribution in [2.75, 3.05) is 13.1 Å². The summed E-state index contributed by atoms with van der Waals surface area (Å²) in [6.45, 7) is 3.41. The number of carbonyl (C=O) groups is 1. The van der Waals surface area contributed by atoms with Gasteiger partial charge in [-0.3, -0.25) is 4.79 Å². The Morgan fingerprint density at radius 2 is 2.30 bits per heavy atom. The molecular formula is C15H22N2O2S. The van der Waals surface area contributed by atoms with E-state index in [0.717, 1.165) is 19.3 Å². The zero-order valence-electron chi connectivity index (χ0n) is 11.8. The van der Waals surface area contributed by atoms with Crippen molar-refractivity contribution in [1.82, 2.24) is 4.90 Å². The number of hydrogen-bond donors (Lipinski definition) is 1. The maximum Gasteiger partial charge on any atom is 0.225 e. The molecule has 1 aliphatic carbocycles. The second kappa shape index (κ2) is 5.84. The van der Waals surface area contributed by atoms with Crippen molar-refractivity contribution in [3.05, 3.63) is 22.4 Å². The van der Waals surface area contributed by atoms with Crippen LogP contribution in [-0.4, -0.2) is 36.0 Å². The highest BCUT2D eigenvalue weighted by Gasteiger charge is 2.35. The lowest BCUT2D eigenvalue weighted by molar-refractivity contribution is -0.148. The zero-order valence-corrected chi connectivity index (χ0v) is 12.6. The lowest BCUT2D eigenvalue weighted by Crippen LogP contribution is -2.47. The first-order chi connectivity index (χ1) is 9.63. The molecule has 2 heterocycles. The molecule has 2 aliphatic rings. The molecular weight excluding hydrogens is 272 g/mol. The fourth-order valence-electron chi connectivity index (χ4n) is 3.27. The van der Waals surface area contributed by atoms with Crippen LogP contribution in [0.15, 0.2) is 16.8 Å². The number of ether oxygens (including phenoxy) is 1.